The van der Waals surface area contributed by atoms with Crippen molar-refractivity contribution < 1.29 is 9.90 Å². The van der Waals surface area contributed by atoms with Crippen molar-refractivity contribution in [2.45, 2.75) is 44.0 Å². The predicted octanol–water partition coefficient (Wildman–Crippen LogP) is 1.85. The molecule has 0 spiro atoms. The molecule has 0 fully saturated rings. The third-order valence-electron chi connectivity index (χ3n) is 2.22. The minimum absolute atomic E-state index is 0.0187. The van der Waals surface area contributed by atoms with Crippen molar-refractivity contribution in [1.29, 1.82) is 0 Å². The highest BCUT2D eigenvalue weighted by atomic mass is 32.2. The van der Waals surface area contributed by atoms with Gasteiger partial charge >= 0.3 is 5.97 Å². The first-order valence-electron chi connectivity index (χ1n) is 5.84. The van der Waals surface area contributed by atoms with Crippen LogP contribution in [0.3, 0.4) is 0 Å². The van der Waals surface area contributed by atoms with Crippen LogP contribution in [-0.4, -0.2) is 25.9 Å². The average Bonchev–Trinajstić information content (AvgIpc) is 2.22. The van der Waals surface area contributed by atoms with E-state index in [0.29, 0.717) is 17.5 Å². The van der Waals surface area contributed by atoms with E-state index in [1.807, 2.05) is 13.8 Å². The number of nitrogens with zero attached hydrogens (tertiary/aromatic N) is 2. The summed E-state index contributed by atoms with van der Waals surface area (Å²) in [6, 6.07) is 0. The van der Waals surface area contributed by atoms with Crippen molar-refractivity contribution in [3.05, 3.63) is 22.7 Å². The molecule has 1 aromatic rings. The molecular weight excluding hydrogens is 252 g/mol. The fourth-order valence-electron chi connectivity index (χ4n) is 1.52. The number of aromatic nitrogens is 2. The van der Waals surface area contributed by atoms with Gasteiger partial charge in [-0.1, -0.05) is 32.5 Å². The molecule has 0 aromatic carbocycles. The summed E-state index contributed by atoms with van der Waals surface area (Å²) >= 11 is 1.21. The molecule has 6 heteroatoms. The molecular formula is C12H18N2O3S. The van der Waals surface area contributed by atoms with Crippen molar-refractivity contribution in [3.63, 3.8) is 0 Å². The Morgan fingerprint density at radius 3 is 2.72 bits per heavy atom. The number of hydrogen-bond donors (Lipinski definition) is 1. The molecule has 1 aromatic heterocycles. The first kappa shape index (κ1) is 14.8. The van der Waals surface area contributed by atoms with Crippen molar-refractivity contribution in [2.75, 3.05) is 0 Å². The zero-order chi connectivity index (χ0) is 13.7. The molecule has 0 saturated carbocycles. The molecule has 1 unspecified atom stereocenters. The van der Waals surface area contributed by atoms with Crippen LogP contribution in [0.4, 0.5) is 0 Å². The van der Waals surface area contributed by atoms with Crippen LogP contribution in [0, 0.1) is 5.92 Å². The number of thioether (sulfide) groups is 1. The van der Waals surface area contributed by atoms with Crippen LogP contribution in [0.5, 0.6) is 0 Å². The van der Waals surface area contributed by atoms with Crippen LogP contribution >= 0.6 is 11.8 Å². The van der Waals surface area contributed by atoms with Gasteiger partial charge in [-0.15, -0.1) is 0 Å². The summed E-state index contributed by atoms with van der Waals surface area (Å²) in [6.07, 6.45) is 3.26. The zero-order valence-electron chi connectivity index (χ0n) is 10.8. The van der Waals surface area contributed by atoms with Gasteiger partial charge in [-0.25, -0.2) is 4.98 Å². The molecule has 0 bridgehead atoms. The van der Waals surface area contributed by atoms with Gasteiger partial charge < -0.3 is 9.67 Å². The van der Waals surface area contributed by atoms with Gasteiger partial charge in [0.25, 0.3) is 5.56 Å². The van der Waals surface area contributed by atoms with E-state index in [1.165, 1.54) is 11.8 Å². The van der Waals surface area contributed by atoms with Gasteiger partial charge in [-0.05, 0) is 5.92 Å². The van der Waals surface area contributed by atoms with Gasteiger partial charge in [0, 0.05) is 24.2 Å². The lowest BCUT2D eigenvalue weighted by Crippen LogP contribution is -2.24. The second-order valence-electron chi connectivity index (χ2n) is 4.61. The van der Waals surface area contributed by atoms with Gasteiger partial charge in [0.2, 0.25) is 0 Å². The standard InChI is InChI=1S/C12H18N2O3S/c1-8(2)7-14-5-4-13-11(12(14)17)18-9(3)6-10(15)16/h4-5,8-9H,6-7H2,1-3H3,(H,15,16). The van der Waals surface area contributed by atoms with Gasteiger partial charge in [-0.3, -0.25) is 9.59 Å². The molecule has 1 heterocycles. The minimum Gasteiger partial charge on any atom is -0.481 e. The SMILES string of the molecule is CC(C)Cn1ccnc(SC(C)CC(=O)O)c1=O. The lowest BCUT2D eigenvalue weighted by atomic mass is 10.2. The number of carboxylic acids is 1. The van der Waals surface area contributed by atoms with Gasteiger partial charge in [0.1, 0.15) is 0 Å². The Hall–Kier alpha value is -1.30. The van der Waals surface area contributed by atoms with Crippen molar-refractivity contribution in [1.82, 2.24) is 9.55 Å². The second kappa shape index (κ2) is 6.58. The highest BCUT2D eigenvalue weighted by Gasteiger charge is 2.13. The van der Waals surface area contributed by atoms with E-state index in [4.69, 9.17) is 5.11 Å². The summed E-state index contributed by atoms with van der Waals surface area (Å²) in [6.45, 7) is 6.49. The first-order valence-corrected chi connectivity index (χ1v) is 6.72. The monoisotopic (exact) mass is 270 g/mol. The maximum Gasteiger partial charge on any atom is 0.304 e. The van der Waals surface area contributed by atoms with Crippen LogP contribution in [0.2, 0.25) is 0 Å². The lowest BCUT2D eigenvalue weighted by molar-refractivity contribution is -0.136. The molecule has 1 rings (SSSR count). The first-order chi connectivity index (χ1) is 8.40. The third kappa shape index (κ3) is 4.52. The number of carbonyl (C=O) groups is 1. The smallest absolute Gasteiger partial charge is 0.304 e. The van der Waals surface area contributed by atoms with E-state index >= 15 is 0 Å². The fourth-order valence-corrected chi connectivity index (χ4v) is 2.47. The van der Waals surface area contributed by atoms with E-state index in [1.54, 1.807) is 23.9 Å². The van der Waals surface area contributed by atoms with Crippen molar-refractivity contribution >= 4 is 17.7 Å². The Morgan fingerprint density at radius 1 is 1.50 bits per heavy atom. The zero-order valence-corrected chi connectivity index (χ0v) is 11.6. The Kier molecular flexibility index (Phi) is 5.40. The normalized spacial score (nSPS) is 12.7. The van der Waals surface area contributed by atoms with Crippen LogP contribution in [0.1, 0.15) is 27.2 Å². The summed E-state index contributed by atoms with van der Waals surface area (Å²) in [5, 5.41) is 8.89. The fraction of sp³-hybridized carbons (Fsp3) is 0.583. The van der Waals surface area contributed by atoms with Gasteiger partial charge in [-0.2, -0.15) is 0 Å². The molecule has 1 atom stereocenters. The maximum absolute atomic E-state index is 12.1. The number of carboxylic acid groups (broad SMARTS) is 1. The Balaban J connectivity index is 2.84. The summed E-state index contributed by atoms with van der Waals surface area (Å²) in [4.78, 5) is 26.7. The summed E-state index contributed by atoms with van der Waals surface area (Å²) in [7, 11) is 0. The number of rotatable bonds is 6. The molecule has 0 saturated heterocycles. The topological polar surface area (TPSA) is 72.2 Å². The van der Waals surface area contributed by atoms with Crippen molar-refractivity contribution in [2.24, 2.45) is 5.92 Å². The summed E-state index contributed by atoms with van der Waals surface area (Å²) in [5.74, 6) is -0.493. The molecule has 0 radical (unpaired) electrons. The van der Waals surface area contributed by atoms with E-state index in [0.717, 1.165) is 0 Å². The second-order valence-corrected chi connectivity index (χ2v) is 6.04. The summed E-state index contributed by atoms with van der Waals surface area (Å²) in [5.41, 5.74) is -0.145. The molecule has 1 N–H and O–H groups in total. The van der Waals surface area contributed by atoms with E-state index < -0.39 is 5.97 Å². The lowest BCUT2D eigenvalue weighted by Gasteiger charge is -2.11. The van der Waals surface area contributed by atoms with Gasteiger partial charge in [0.15, 0.2) is 5.03 Å². The molecule has 5 nitrogen and oxygen atoms in total. The highest BCUT2D eigenvalue weighted by Crippen LogP contribution is 2.20. The number of aliphatic carboxylic acids is 1. The largest absolute Gasteiger partial charge is 0.481 e. The van der Waals surface area contributed by atoms with Crippen molar-refractivity contribution in [3.8, 4) is 0 Å². The Bertz CT molecular complexity index is 471. The quantitative estimate of drug-likeness (QED) is 0.799. The maximum atomic E-state index is 12.1. The van der Waals surface area contributed by atoms with Crippen LogP contribution in [0.25, 0.3) is 0 Å². The van der Waals surface area contributed by atoms with Gasteiger partial charge in [0.05, 0.1) is 6.42 Å². The summed E-state index contributed by atoms with van der Waals surface area (Å²) < 4.78 is 1.62. The van der Waals surface area contributed by atoms with Crippen LogP contribution < -0.4 is 5.56 Å². The Labute approximate surface area is 110 Å². The molecule has 0 aliphatic carbocycles. The molecule has 18 heavy (non-hydrogen) atoms. The predicted molar refractivity (Wildman–Crippen MR) is 70.9 cm³/mol. The molecule has 0 amide bonds. The number of hydrogen-bond acceptors (Lipinski definition) is 4. The molecule has 100 valence electrons. The van der Waals surface area contributed by atoms with E-state index in [-0.39, 0.29) is 17.2 Å². The molecule has 0 aliphatic heterocycles. The molecule has 0 aliphatic rings. The van der Waals surface area contributed by atoms with E-state index in [9.17, 15) is 9.59 Å². The van der Waals surface area contributed by atoms with E-state index in [2.05, 4.69) is 4.98 Å². The third-order valence-corrected chi connectivity index (χ3v) is 3.29. The Morgan fingerprint density at radius 2 is 2.17 bits per heavy atom. The minimum atomic E-state index is -0.867. The highest BCUT2D eigenvalue weighted by molar-refractivity contribution is 7.99. The van der Waals surface area contributed by atoms with Crippen LogP contribution in [0.15, 0.2) is 22.2 Å². The average molecular weight is 270 g/mol. The van der Waals surface area contributed by atoms with Crippen LogP contribution in [-0.2, 0) is 11.3 Å².